The predicted molar refractivity (Wildman–Crippen MR) is 110 cm³/mol. The standard InChI is InChI=1S/C21H18ClN5O/c1-13-4-7-19(17(10-13)20-11-14(2)25-26-20)24-21(28)16-12-15(5-6-18(16)22)27-9-3-8-23-27/h3-12H,1-2H3,(H,24,28)(H,25,26). The monoisotopic (exact) mass is 391 g/mol. The Labute approximate surface area is 167 Å². The van der Waals surface area contributed by atoms with E-state index in [0.717, 1.165) is 28.2 Å². The molecule has 1 amide bonds. The summed E-state index contributed by atoms with van der Waals surface area (Å²) < 4.78 is 1.68. The van der Waals surface area contributed by atoms with Crippen LogP contribution in [-0.4, -0.2) is 25.9 Å². The number of benzene rings is 2. The minimum absolute atomic E-state index is 0.295. The molecule has 0 spiro atoms. The number of amides is 1. The molecule has 2 aromatic heterocycles. The number of aromatic amines is 1. The van der Waals surface area contributed by atoms with E-state index < -0.39 is 0 Å². The van der Waals surface area contributed by atoms with Crippen molar-refractivity contribution in [1.29, 1.82) is 0 Å². The number of hydrogen-bond donors (Lipinski definition) is 2. The van der Waals surface area contributed by atoms with Gasteiger partial charge >= 0.3 is 0 Å². The highest BCUT2D eigenvalue weighted by atomic mass is 35.5. The third kappa shape index (κ3) is 3.54. The zero-order chi connectivity index (χ0) is 19.7. The van der Waals surface area contributed by atoms with Gasteiger partial charge in [0, 0.05) is 23.7 Å². The Kier molecular flexibility index (Phi) is 4.71. The Hall–Kier alpha value is -3.38. The quantitative estimate of drug-likeness (QED) is 0.525. The third-order valence-electron chi connectivity index (χ3n) is 4.37. The van der Waals surface area contributed by atoms with Gasteiger partial charge in [0.15, 0.2) is 0 Å². The minimum atomic E-state index is -0.295. The lowest BCUT2D eigenvalue weighted by atomic mass is 10.1. The van der Waals surface area contributed by atoms with Crippen LogP contribution in [-0.2, 0) is 0 Å². The first-order valence-corrected chi connectivity index (χ1v) is 9.13. The topological polar surface area (TPSA) is 75.6 Å². The highest BCUT2D eigenvalue weighted by Gasteiger charge is 2.16. The van der Waals surface area contributed by atoms with E-state index in [1.165, 1.54) is 0 Å². The van der Waals surface area contributed by atoms with E-state index in [0.29, 0.717) is 16.3 Å². The molecule has 0 aliphatic heterocycles. The number of halogens is 1. The summed E-state index contributed by atoms with van der Waals surface area (Å²) in [5.74, 6) is -0.295. The molecule has 0 atom stereocenters. The summed E-state index contributed by atoms with van der Waals surface area (Å²) in [5.41, 5.74) is 5.44. The summed E-state index contributed by atoms with van der Waals surface area (Å²) in [5, 5.41) is 14.8. The largest absolute Gasteiger partial charge is 0.321 e. The molecular formula is C21H18ClN5O. The Morgan fingerprint density at radius 3 is 2.71 bits per heavy atom. The predicted octanol–water partition coefficient (Wildman–Crippen LogP) is 4.78. The molecule has 0 aliphatic carbocycles. The van der Waals surface area contributed by atoms with E-state index in [9.17, 15) is 4.79 Å². The number of hydrogen-bond acceptors (Lipinski definition) is 3. The molecule has 0 aliphatic rings. The van der Waals surface area contributed by atoms with Gasteiger partial charge in [0.25, 0.3) is 5.91 Å². The molecule has 28 heavy (non-hydrogen) atoms. The van der Waals surface area contributed by atoms with E-state index >= 15 is 0 Å². The normalized spacial score (nSPS) is 10.8. The highest BCUT2D eigenvalue weighted by Crippen LogP contribution is 2.29. The number of nitrogens with one attached hydrogen (secondary N) is 2. The van der Waals surface area contributed by atoms with E-state index in [1.807, 2.05) is 56.4 Å². The van der Waals surface area contributed by atoms with Gasteiger partial charge in [-0.3, -0.25) is 9.89 Å². The summed E-state index contributed by atoms with van der Waals surface area (Å²) in [6.45, 7) is 3.93. The zero-order valence-corrected chi connectivity index (χ0v) is 16.2. The van der Waals surface area contributed by atoms with Crippen molar-refractivity contribution < 1.29 is 4.79 Å². The van der Waals surface area contributed by atoms with E-state index in [1.54, 1.807) is 23.0 Å². The van der Waals surface area contributed by atoms with Crippen molar-refractivity contribution in [3.05, 3.63) is 82.8 Å². The van der Waals surface area contributed by atoms with Crippen LogP contribution in [0.3, 0.4) is 0 Å². The molecule has 0 radical (unpaired) electrons. The van der Waals surface area contributed by atoms with Gasteiger partial charge in [-0.15, -0.1) is 0 Å². The summed E-state index contributed by atoms with van der Waals surface area (Å²) in [6, 6.07) is 14.8. The first-order chi connectivity index (χ1) is 13.5. The van der Waals surface area contributed by atoms with Crippen molar-refractivity contribution in [3.8, 4) is 16.9 Å². The lowest BCUT2D eigenvalue weighted by molar-refractivity contribution is 0.102. The average Bonchev–Trinajstić information content (AvgIpc) is 3.35. The number of aromatic nitrogens is 4. The fourth-order valence-electron chi connectivity index (χ4n) is 2.98. The molecule has 2 aromatic carbocycles. The molecule has 0 unspecified atom stereocenters. The van der Waals surface area contributed by atoms with Gasteiger partial charge in [-0.2, -0.15) is 10.2 Å². The average molecular weight is 392 g/mol. The highest BCUT2D eigenvalue weighted by molar-refractivity contribution is 6.34. The van der Waals surface area contributed by atoms with Crippen LogP contribution >= 0.6 is 11.6 Å². The van der Waals surface area contributed by atoms with Gasteiger partial charge in [0.05, 0.1) is 27.7 Å². The van der Waals surface area contributed by atoms with Crippen molar-refractivity contribution in [2.24, 2.45) is 0 Å². The third-order valence-corrected chi connectivity index (χ3v) is 4.70. The Balaban J connectivity index is 1.69. The number of aryl methyl sites for hydroxylation is 2. The molecule has 0 bridgehead atoms. The minimum Gasteiger partial charge on any atom is -0.321 e. The van der Waals surface area contributed by atoms with Crippen molar-refractivity contribution >= 4 is 23.2 Å². The van der Waals surface area contributed by atoms with Crippen molar-refractivity contribution in [1.82, 2.24) is 20.0 Å². The summed E-state index contributed by atoms with van der Waals surface area (Å²) in [4.78, 5) is 13.0. The summed E-state index contributed by atoms with van der Waals surface area (Å²) >= 11 is 6.30. The molecule has 6 nitrogen and oxygen atoms in total. The van der Waals surface area contributed by atoms with E-state index in [2.05, 4.69) is 20.6 Å². The number of rotatable bonds is 4. The van der Waals surface area contributed by atoms with Crippen molar-refractivity contribution in [3.63, 3.8) is 0 Å². The second kappa shape index (κ2) is 7.32. The second-order valence-corrected chi connectivity index (χ2v) is 6.96. The second-order valence-electron chi connectivity index (χ2n) is 6.55. The maximum Gasteiger partial charge on any atom is 0.257 e. The number of carbonyl (C=O) groups is 1. The van der Waals surface area contributed by atoms with Crippen LogP contribution in [0.2, 0.25) is 5.02 Å². The van der Waals surface area contributed by atoms with Gasteiger partial charge in [-0.25, -0.2) is 4.68 Å². The van der Waals surface area contributed by atoms with Crippen LogP contribution in [0.15, 0.2) is 60.9 Å². The Morgan fingerprint density at radius 1 is 1.14 bits per heavy atom. The van der Waals surface area contributed by atoms with Crippen molar-refractivity contribution in [2.75, 3.05) is 5.32 Å². The molecular weight excluding hydrogens is 374 g/mol. The van der Waals surface area contributed by atoms with Gasteiger partial charge in [0.2, 0.25) is 0 Å². The first kappa shape index (κ1) is 18.0. The van der Waals surface area contributed by atoms with Gasteiger partial charge in [-0.05, 0) is 56.3 Å². The molecule has 7 heteroatoms. The fraction of sp³-hybridized carbons (Fsp3) is 0.0952. The molecule has 2 heterocycles. The molecule has 0 fully saturated rings. The summed E-state index contributed by atoms with van der Waals surface area (Å²) in [6.07, 6.45) is 3.49. The maximum atomic E-state index is 13.0. The maximum absolute atomic E-state index is 13.0. The lowest BCUT2D eigenvalue weighted by Gasteiger charge is -2.12. The number of carbonyl (C=O) groups excluding carboxylic acids is 1. The van der Waals surface area contributed by atoms with E-state index in [-0.39, 0.29) is 5.91 Å². The molecule has 4 aromatic rings. The molecule has 0 saturated carbocycles. The van der Waals surface area contributed by atoms with Gasteiger partial charge in [-0.1, -0.05) is 23.2 Å². The number of H-pyrrole nitrogens is 1. The van der Waals surface area contributed by atoms with Crippen LogP contribution < -0.4 is 5.32 Å². The van der Waals surface area contributed by atoms with Crippen LogP contribution in [0.1, 0.15) is 21.6 Å². The SMILES string of the molecule is Cc1ccc(NC(=O)c2cc(-n3cccn3)ccc2Cl)c(-c2cc(C)[nH]n2)c1. The smallest absolute Gasteiger partial charge is 0.257 e. The number of anilines is 1. The zero-order valence-electron chi connectivity index (χ0n) is 15.4. The van der Waals surface area contributed by atoms with E-state index in [4.69, 9.17) is 11.6 Å². The van der Waals surface area contributed by atoms with Gasteiger partial charge in [0.1, 0.15) is 0 Å². The van der Waals surface area contributed by atoms with Crippen LogP contribution in [0.25, 0.3) is 16.9 Å². The molecule has 2 N–H and O–H groups in total. The van der Waals surface area contributed by atoms with Crippen LogP contribution in [0, 0.1) is 13.8 Å². The Morgan fingerprint density at radius 2 is 2.00 bits per heavy atom. The molecule has 0 saturated heterocycles. The molecule has 140 valence electrons. The van der Waals surface area contributed by atoms with Crippen LogP contribution in [0.4, 0.5) is 5.69 Å². The first-order valence-electron chi connectivity index (χ1n) is 8.75. The molecule has 4 rings (SSSR count). The van der Waals surface area contributed by atoms with Gasteiger partial charge < -0.3 is 5.32 Å². The van der Waals surface area contributed by atoms with Crippen molar-refractivity contribution in [2.45, 2.75) is 13.8 Å². The lowest BCUT2D eigenvalue weighted by Crippen LogP contribution is -2.14. The summed E-state index contributed by atoms with van der Waals surface area (Å²) in [7, 11) is 0. The number of nitrogens with zero attached hydrogens (tertiary/aromatic N) is 3. The Bertz CT molecular complexity index is 1150. The fourth-order valence-corrected chi connectivity index (χ4v) is 3.18. The van der Waals surface area contributed by atoms with Crippen LogP contribution in [0.5, 0.6) is 0 Å².